The summed E-state index contributed by atoms with van der Waals surface area (Å²) in [7, 11) is 1.56. The highest BCUT2D eigenvalue weighted by Crippen LogP contribution is 2.33. The summed E-state index contributed by atoms with van der Waals surface area (Å²) in [6.07, 6.45) is 0. The number of nitriles is 1. The Labute approximate surface area is 144 Å². The van der Waals surface area contributed by atoms with Crippen molar-refractivity contribution in [1.82, 2.24) is 4.57 Å². The number of nitrogen functional groups attached to an aromatic ring is 1. The van der Waals surface area contributed by atoms with Gasteiger partial charge in [0, 0.05) is 12.1 Å². The van der Waals surface area contributed by atoms with E-state index in [2.05, 4.69) is 6.07 Å². The van der Waals surface area contributed by atoms with Gasteiger partial charge in [-0.2, -0.15) is 5.26 Å². The van der Waals surface area contributed by atoms with Crippen LogP contribution in [0.3, 0.4) is 0 Å². The van der Waals surface area contributed by atoms with E-state index in [9.17, 15) is 9.65 Å². The number of aromatic nitrogens is 1. The Hall–Kier alpha value is -3.46. The second kappa shape index (κ2) is 6.97. The van der Waals surface area contributed by atoms with Crippen LogP contribution in [0.5, 0.6) is 17.4 Å². The van der Waals surface area contributed by atoms with Crippen LogP contribution in [-0.2, 0) is 6.54 Å². The lowest BCUT2D eigenvalue weighted by atomic mass is 10.2. The van der Waals surface area contributed by atoms with Gasteiger partial charge in [0.1, 0.15) is 29.1 Å². The average molecular weight is 337 g/mol. The Morgan fingerprint density at radius 3 is 2.60 bits per heavy atom. The quantitative estimate of drug-likeness (QED) is 0.765. The summed E-state index contributed by atoms with van der Waals surface area (Å²) in [5, 5.41) is 9.36. The highest BCUT2D eigenvalue weighted by molar-refractivity contribution is 5.57. The molecular formula is C19H16FN3O2. The van der Waals surface area contributed by atoms with E-state index >= 15 is 0 Å². The minimum absolute atomic E-state index is 0.261. The fraction of sp³-hybridized carbons (Fsp3) is 0.105. The van der Waals surface area contributed by atoms with Crippen LogP contribution >= 0.6 is 0 Å². The van der Waals surface area contributed by atoms with Gasteiger partial charge in [-0.1, -0.05) is 18.2 Å². The summed E-state index contributed by atoms with van der Waals surface area (Å²) in [6, 6.07) is 16.8. The van der Waals surface area contributed by atoms with Crippen LogP contribution in [0.4, 0.5) is 10.1 Å². The minimum Gasteiger partial charge on any atom is -0.497 e. The third kappa shape index (κ3) is 3.56. The molecule has 1 aromatic heterocycles. The van der Waals surface area contributed by atoms with Crippen molar-refractivity contribution >= 4 is 5.69 Å². The lowest BCUT2D eigenvalue weighted by Gasteiger charge is -2.13. The largest absolute Gasteiger partial charge is 0.497 e. The molecule has 3 aromatic rings. The first-order chi connectivity index (χ1) is 12.1. The van der Waals surface area contributed by atoms with Gasteiger partial charge in [0.15, 0.2) is 0 Å². The topological polar surface area (TPSA) is 73.2 Å². The average Bonchev–Trinajstić information content (AvgIpc) is 2.90. The number of benzene rings is 2. The molecule has 0 unspecified atom stereocenters. The van der Waals surface area contributed by atoms with Gasteiger partial charge < -0.3 is 15.2 Å². The lowest BCUT2D eigenvalue weighted by molar-refractivity contribution is 0.403. The molecule has 0 radical (unpaired) electrons. The molecule has 0 aliphatic carbocycles. The lowest BCUT2D eigenvalue weighted by Crippen LogP contribution is -2.05. The molecule has 1 heterocycles. The van der Waals surface area contributed by atoms with Crippen LogP contribution in [0, 0.1) is 17.1 Å². The molecule has 0 amide bonds. The third-order valence-electron chi connectivity index (χ3n) is 3.68. The van der Waals surface area contributed by atoms with Crippen molar-refractivity contribution in [2.45, 2.75) is 6.54 Å². The molecule has 6 heteroatoms. The van der Waals surface area contributed by atoms with Crippen LogP contribution in [0.1, 0.15) is 11.3 Å². The fourth-order valence-corrected chi connectivity index (χ4v) is 2.51. The first-order valence-electron chi connectivity index (χ1n) is 7.56. The Bertz CT molecular complexity index is 944. The smallest absolute Gasteiger partial charge is 0.224 e. The van der Waals surface area contributed by atoms with E-state index in [0.29, 0.717) is 34.3 Å². The predicted octanol–water partition coefficient (Wildman–Crippen LogP) is 3.93. The van der Waals surface area contributed by atoms with Crippen molar-refractivity contribution in [2.24, 2.45) is 0 Å². The van der Waals surface area contributed by atoms with Gasteiger partial charge in [0.2, 0.25) is 5.88 Å². The number of hydrogen-bond donors (Lipinski definition) is 1. The van der Waals surface area contributed by atoms with Crippen molar-refractivity contribution < 1.29 is 13.9 Å². The number of rotatable bonds is 5. The third-order valence-corrected chi connectivity index (χ3v) is 3.68. The summed E-state index contributed by atoms with van der Waals surface area (Å²) < 4.78 is 26.1. The van der Waals surface area contributed by atoms with E-state index < -0.39 is 0 Å². The van der Waals surface area contributed by atoms with Crippen molar-refractivity contribution in [3.05, 3.63) is 71.7 Å². The molecule has 0 aliphatic rings. The zero-order valence-corrected chi connectivity index (χ0v) is 13.6. The maximum absolute atomic E-state index is 13.4. The van der Waals surface area contributed by atoms with Gasteiger partial charge in [-0.25, -0.2) is 4.39 Å². The number of nitrogens with two attached hydrogens (primary N) is 1. The van der Waals surface area contributed by atoms with Gasteiger partial charge >= 0.3 is 0 Å². The van der Waals surface area contributed by atoms with Crippen LogP contribution in [0.2, 0.25) is 0 Å². The molecule has 0 fully saturated rings. The fourth-order valence-electron chi connectivity index (χ4n) is 2.51. The standard InChI is InChI=1S/C19H16FN3O2/c1-24-16-6-3-7-17(10-16)25-19-18(22)9-15(11-21)23(19)12-13-4-2-5-14(20)8-13/h2-10H,12,22H2,1H3. The molecule has 0 aliphatic heterocycles. The van der Waals surface area contributed by atoms with Crippen LogP contribution in [0.15, 0.2) is 54.6 Å². The van der Waals surface area contributed by atoms with Crippen molar-refractivity contribution in [1.29, 1.82) is 5.26 Å². The number of methoxy groups -OCH3 is 1. The molecule has 126 valence electrons. The molecule has 2 aromatic carbocycles. The Balaban J connectivity index is 1.98. The summed E-state index contributed by atoms with van der Waals surface area (Å²) in [5.41, 5.74) is 7.38. The van der Waals surface area contributed by atoms with Gasteiger partial charge in [-0.3, -0.25) is 4.57 Å². The number of ether oxygens (including phenoxy) is 2. The summed E-state index contributed by atoms with van der Waals surface area (Å²) in [5.74, 6) is 1.15. The van der Waals surface area contributed by atoms with E-state index in [4.69, 9.17) is 15.2 Å². The maximum atomic E-state index is 13.4. The van der Waals surface area contributed by atoms with E-state index in [0.717, 1.165) is 0 Å². The molecule has 2 N–H and O–H groups in total. The zero-order valence-electron chi connectivity index (χ0n) is 13.6. The van der Waals surface area contributed by atoms with E-state index in [1.807, 2.05) is 0 Å². The SMILES string of the molecule is COc1cccc(Oc2c(N)cc(C#N)n2Cc2cccc(F)c2)c1. The Morgan fingerprint density at radius 2 is 1.88 bits per heavy atom. The van der Waals surface area contributed by atoms with E-state index in [-0.39, 0.29) is 12.4 Å². The van der Waals surface area contributed by atoms with Crippen molar-refractivity contribution in [2.75, 3.05) is 12.8 Å². The molecule has 0 atom stereocenters. The van der Waals surface area contributed by atoms with E-state index in [1.165, 1.54) is 18.2 Å². The molecular weight excluding hydrogens is 321 g/mol. The highest BCUT2D eigenvalue weighted by atomic mass is 19.1. The summed E-state index contributed by atoms with van der Waals surface area (Å²) in [4.78, 5) is 0. The molecule has 0 saturated heterocycles. The number of halogens is 1. The normalized spacial score (nSPS) is 10.3. The van der Waals surface area contributed by atoms with Crippen LogP contribution in [0.25, 0.3) is 0 Å². The predicted molar refractivity (Wildman–Crippen MR) is 92.1 cm³/mol. The zero-order chi connectivity index (χ0) is 17.8. The minimum atomic E-state index is -0.341. The Morgan fingerprint density at radius 1 is 1.12 bits per heavy atom. The highest BCUT2D eigenvalue weighted by Gasteiger charge is 2.16. The Kier molecular flexibility index (Phi) is 4.57. The number of hydrogen-bond acceptors (Lipinski definition) is 4. The molecule has 3 rings (SSSR count). The second-order valence-corrected chi connectivity index (χ2v) is 5.40. The maximum Gasteiger partial charge on any atom is 0.224 e. The van der Waals surface area contributed by atoms with Crippen molar-refractivity contribution in [3.63, 3.8) is 0 Å². The van der Waals surface area contributed by atoms with Gasteiger partial charge in [-0.15, -0.1) is 0 Å². The number of anilines is 1. The molecule has 0 saturated carbocycles. The molecule has 25 heavy (non-hydrogen) atoms. The van der Waals surface area contributed by atoms with Crippen LogP contribution < -0.4 is 15.2 Å². The van der Waals surface area contributed by atoms with Crippen LogP contribution in [-0.4, -0.2) is 11.7 Å². The van der Waals surface area contributed by atoms with Gasteiger partial charge in [0.25, 0.3) is 0 Å². The van der Waals surface area contributed by atoms with Gasteiger partial charge in [0.05, 0.1) is 19.3 Å². The number of nitrogens with zero attached hydrogens (tertiary/aromatic N) is 2. The summed E-state index contributed by atoms with van der Waals surface area (Å²) in [6.45, 7) is 0.261. The molecule has 0 spiro atoms. The summed E-state index contributed by atoms with van der Waals surface area (Å²) >= 11 is 0. The first kappa shape index (κ1) is 16.4. The van der Waals surface area contributed by atoms with Crippen molar-refractivity contribution in [3.8, 4) is 23.4 Å². The van der Waals surface area contributed by atoms with E-state index in [1.54, 1.807) is 48.1 Å². The first-order valence-corrected chi connectivity index (χ1v) is 7.56. The monoisotopic (exact) mass is 337 g/mol. The second-order valence-electron chi connectivity index (χ2n) is 5.40. The molecule has 5 nitrogen and oxygen atoms in total. The molecule has 0 bridgehead atoms. The van der Waals surface area contributed by atoms with Gasteiger partial charge in [-0.05, 0) is 29.8 Å².